The highest BCUT2D eigenvalue weighted by Gasteiger charge is 2.27. The lowest BCUT2D eigenvalue weighted by Crippen LogP contribution is -2.44. The zero-order valence-electron chi connectivity index (χ0n) is 11.1. The molecule has 1 saturated carbocycles. The molecule has 1 aliphatic carbocycles. The SMILES string of the molecule is CC(=O)NCCC(=O)NC1CCCC(C)C1C. The third-order valence-corrected chi connectivity index (χ3v) is 3.78. The first-order valence-corrected chi connectivity index (χ1v) is 6.54. The Labute approximate surface area is 104 Å². The Kier molecular flexibility index (Phi) is 5.45. The molecule has 3 unspecified atom stereocenters. The number of hydrogen-bond acceptors (Lipinski definition) is 2. The number of rotatable bonds is 4. The summed E-state index contributed by atoms with van der Waals surface area (Å²) >= 11 is 0. The lowest BCUT2D eigenvalue weighted by molar-refractivity contribution is -0.122. The highest BCUT2D eigenvalue weighted by molar-refractivity contribution is 5.78. The van der Waals surface area contributed by atoms with Gasteiger partial charge in [-0.2, -0.15) is 0 Å². The van der Waals surface area contributed by atoms with Gasteiger partial charge in [-0.1, -0.05) is 26.7 Å². The summed E-state index contributed by atoms with van der Waals surface area (Å²) in [6, 6.07) is 0.309. The van der Waals surface area contributed by atoms with Crippen molar-refractivity contribution in [2.75, 3.05) is 6.54 Å². The van der Waals surface area contributed by atoms with Crippen LogP contribution in [0.2, 0.25) is 0 Å². The van der Waals surface area contributed by atoms with E-state index in [-0.39, 0.29) is 11.8 Å². The van der Waals surface area contributed by atoms with Crippen molar-refractivity contribution in [3.8, 4) is 0 Å². The van der Waals surface area contributed by atoms with E-state index in [1.807, 2.05) is 0 Å². The summed E-state index contributed by atoms with van der Waals surface area (Å²) in [5.74, 6) is 1.19. The Balaban J connectivity index is 2.27. The molecule has 0 radical (unpaired) electrons. The third kappa shape index (κ3) is 4.75. The molecule has 0 saturated heterocycles. The number of carbonyl (C=O) groups excluding carboxylic acids is 2. The molecule has 17 heavy (non-hydrogen) atoms. The Morgan fingerprint density at radius 1 is 1.24 bits per heavy atom. The van der Waals surface area contributed by atoms with Crippen LogP contribution in [0.5, 0.6) is 0 Å². The van der Waals surface area contributed by atoms with Crippen molar-refractivity contribution in [3.63, 3.8) is 0 Å². The highest BCUT2D eigenvalue weighted by atomic mass is 16.2. The van der Waals surface area contributed by atoms with Gasteiger partial charge in [-0.05, 0) is 18.3 Å². The molecule has 1 fully saturated rings. The van der Waals surface area contributed by atoms with E-state index in [0.29, 0.717) is 30.8 Å². The Hall–Kier alpha value is -1.06. The molecular weight excluding hydrogens is 216 g/mol. The van der Waals surface area contributed by atoms with Gasteiger partial charge in [0.05, 0.1) is 0 Å². The standard InChI is InChI=1S/C13H24N2O2/c1-9-5-4-6-12(10(9)2)15-13(17)7-8-14-11(3)16/h9-10,12H,4-8H2,1-3H3,(H,14,16)(H,15,17). The predicted molar refractivity (Wildman–Crippen MR) is 67.4 cm³/mol. The second-order valence-electron chi connectivity index (χ2n) is 5.17. The molecule has 0 heterocycles. The molecule has 4 nitrogen and oxygen atoms in total. The van der Waals surface area contributed by atoms with Gasteiger partial charge in [0.1, 0.15) is 0 Å². The molecule has 0 aromatic rings. The van der Waals surface area contributed by atoms with E-state index >= 15 is 0 Å². The maximum atomic E-state index is 11.7. The van der Waals surface area contributed by atoms with Crippen molar-refractivity contribution < 1.29 is 9.59 Å². The van der Waals surface area contributed by atoms with Crippen LogP contribution < -0.4 is 10.6 Å². The molecule has 0 spiro atoms. The summed E-state index contributed by atoms with van der Waals surface area (Å²) in [6.45, 7) is 6.35. The van der Waals surface area contributed by atoms with E-state index < -0.39 is 0 Å². The quantitative estimate of drug-likeness (QED) is 0.781. The molecule has 0 aromatic heterocycles. The van der Waals surface area contributed by atoms with Gasteiger partial charge in [0.15, 0.2) is 0 Å². The van der Waals surface area contributed by atoms with Crippen molar-refractivity contribution in [1.82, 2.24) is 10.6 Å². The first kappa shape index (κ1) is 14.0. The number of carbonyl (C=O) groups is 2. The summed E-state index contributed by atoms with van der Waals surface area (Å²) in [6.07, 6.45) is 3.91. The monoisotopic (exact) mass is 240 g/mol. The van der Waals surface area contributed by atoms with E-state index in [2.05, 4.69) is 24.5 Å². The molecular formula is C13H24N2O2. The lowest BCUT2D eigenvalue weighted by Gasteiger charge is -2.34. The normalized spacial score (nSPS) is 28.5. The van der Waals surface area contributed by atoms with Crippen LogP contribution in [0.1, 0.15) is 46.5 Å². The van der Waals surface area contributed by atoms with E-state index in [1.165, 1.54) is 19.8 Å². The van der Waals surface area contributed by atoms with Crippen LogP contribution in [0, 0.1) is 11.8 Å². The third-order valence-electron chi connectivity index (χ3n) is 3.78. The van der Waals surface area contributed by atoms with Gasteiger partial charge in [-0.15, -0.1) is 0 Å². The van der Waals surface area contributed by atoms with Crippen molar-refractivity contribution in [3.05, 3.63) is 0 Å². The molecule has 98 valence electrons. The van der Waals surface area contributed by atoms with Gasteiger partial charge >= 0.3 is 0 Å². The minimum absolute atomic E-state index is 0.0460. The molecule has 1 aliphatic rings. The topological polar surface area (TPSA) is 58.2 Å². The average Bonchev–Trinajstić information content (AvgIpc) is 2.24. The molecule has 0 aromatic carbocycles. The highest BCUT2D eigenvalue weighted by Crippen LogP contribution is 2.29. The fraction of sp³-hybridized carbons (Fsp3) is 0.846. The van der Waals surface area contributed by atoms with Crippen molar-refractivity contribution in [2.45, 2.75) is 52.5 Å². The van der Waals surface area contributed by atoms with E-state index in [1.54, 1.807) is 0 Å². The van der Waals surface area contributed by atoms with Gasteiger partial charge in [0.2, 0.25) is 11.8 Å². The zero-order valence-corrected chi connectivity index (χ0v) is 11.1. The van der Waals surface area contributed by atoms with Crippen molar-refractivity contribution in [1.29, 1.82) is 0 Å². The first-order chi connectivity index (χ1) is 8.00. The van der Waals surface area contributed by atoms with Crippen molar-refractivity contribution >= 4 is 11.8 Å². The molecule has 3 atom stereocenters. The average molecular weight is 240 g/mol. The predicted octanol–water partition coefficient (Wildman–Crippen LogP) is 1.45. The fourth-order valence-electron chi connectivity index (χ4n) is 2.42. The second-order valence-corrected chi connectivity index (χ2v) is 5.17. The van der Waals surface area contributed by atoms with Gasteiger partial charge in [0, 0.05) is 25.9 Å². The van der Waals surface area contributed by atoms with E-state index in [4.69, 9.17) is 0 Å². The molecule has 2 amide bonds. The largest absolute Gasteiger partial charge is 0.356 e. The summed E-state index contributed by atoms with van der Waals surface area (Å²) in [7, 11) is 0. The molecule has 1 rings (SSSR count). The van der Waals surface area contributed by atoms with E-state index in [0.717, 1.165) is 6.42 Å². The van der Waals surface area contributed by atoms with Gasteiger partial charge in [0.25, 0.3) is 0 Å². The van der Waals surface area contributed by atoms with Crippen LogP contribution in [0.25, 0.3) is 0 Å². The molecule has 0 aliphatic heterocycles. The van der Waals surface area contributed by atoms with Crippen LogP contribution >= 0.6 is 0 Å². The first-order valence-electron chi connectivity index (χ1n) is 6.54. The lowest BCUT2D eigenvalue weighted by atomic mass is 9.78. The summed E-state index contributed by atoms with van der Waals surface area (Å²) in [5, 5.41) is 5.72. The minimum atomic E-state index is -0.0857. The number of hydrogen-bond donors (Lipinski definition) is 2. The maximum Gasteiger partial charge on any atom is 0.221 e. The summed E-state index contributed by atoms with van der Waals surface area (Å²) in [5.41, 5.74) is 0. The smallest absolute Gasteiger partial charge is 0.221 e. The number of nitrogens with one attached hydrogen (secondary N) is 2. The van der Waals surface area contributed by atoms with Crippen molar-refractivity contribution in [2.24, 2.45) is 11.8 Å². The molecule has 0 bridgehead atoms. The van der Waals surface area contributed by atoms with Crippen LogP contribution in [-0.4, -0.2) is 24.4 Å². The summed E-state index contributed by atoms with van der Waals surface area (Å²) < 4.78 is 0. The van der Waals surface area contributed by atoms with E-state index in [9.17, 15) is 9.59 Å². The Morgan fingerprint density at radius 2 is 1.94 bits per heavy atom. The Bertz CT molecular complexity index is 279. The van der Waals surface area contributed by atoms with Crippen LogP contribution in [-0.2, 0) is 9.59 Å². The van der Waals surface area contributed by atoms with Crippen LogP contribution in [0.3, 0.4) is 0 Å². The van der Waals surface area contributed by atoms with Crippen LogP contribution in [0.15, 0.2) is 0 Å². The zero-order chi connectivity index (χ0) is 12.8. The molecule has 4 heteroatoms. The minimum Gasteiger partial charge on any atom is -0.356 e. The second kappa shape index (κ2) is 6.62. The van der Waals surface area contributed by atoms with Gasteiger partial charge in [-0.25, -0.2) is 0 Å². The summed E-state index contributed by atoms with van der Waals surface area (Å²) in [4.78, 5) is 22.4. The fourth-order valence-corrected chi connectivity index (χ4v) is 2.42. The van der Waals surface area contributed by atoms with Gasteiger partial charge < -0.3 is 10.6 Å². The van der Waals surface area contributed by atoms with Crippen LogP contribution in [0.4, 0.5) is 0 Å². The maximum absolute atomic E-state index is 11.7. The Morgan fingerprint density at radius 3 is 2.59 bits per heavy atom. The van der Waals surface area contributed by atoms with Gasteiger partial charge in [-0.3, -0.25) is 9.59 Å². The molecule has 2 N–H and O–H groups in total. The number of amides is 2.